The van der Waals surface area contributed by atoms with E-state index in [4.69, 9.17) is 4.74 Å². The molecule has 2 aliphatic rings. The molecule has 10 heteroatoms. The maximum absolute atomic E-state index is 12.7. The number of nitrogens with zero attached hydrogens (tertiary/aromatic N) is 6. The van der Waals surface area contributed by atoms with Crippen LogP contribution < -0.4 is 10.2 Å². The lowest BCUT2D eigenvalue weighted by atomic mass is 9.96. The van der Waals surface area contributed by atoms with Crippen molar-refractivity contribution in [3.05, 3.63) is 17.6 Å². The number of anilines is 1. The molecular formula is C21H31N7O3. The Bertz CT molecular complexity index is 930. The Labute approximate surface area is 182 Å². The van der Waals surface area contributed by atoms with Crippen molar-refractivity contribution in [3.63, 3.8) is 0 Å². The van der Waals surface area contributed by atoms with Crippen molar-refractivity contribution in [2.24, 2.45) is 0 Å². The standard InChI is InChI=1S/C21H31N7O3/c1-3-31-18(29)13-17-15(2)24-20-22-14-23-28(20)19(17)26-9-11-27(12-10-26)21(30)25-16-7-5-4-6-8-16/h14,16H,3-13H2,1-2H3,(H,25,30). The van der Waals surface area contributed by atoms with Gasteiger partial charge in [-0.1, -0.05) is 19.3 Å². The minimum atomic E-state index is -0.293. The minimum absolute atomic E-state index is 0.0232. The van der Waals surface area contributed by atoms with Gasteiger partial charge in [-0.25, -0.2) is 9.78 Å². The van der Waals surface area contributed by atoms with Crippen molar-refractivity contribution in [3.8, 4) is 0 Å². The van der Waals surface area contributed by atoms with Crippen LogP contribution in [0.15, 0.2) is 6.33 Å². The lowest BCUT2D eigenvalue weighted by Gasteiger charge is -2.37. The van der Waals surface area contributed by atoms with Crippen molar-refractivity contribution in [2.45, 2.75) is 58.4 Å². The zero-order valence-electron chi connectivity index (χ0n) is 18.3. The van der Waals surface area contributed by atoms with E-state index in [1.54, 1.807) is 11.4 Å². The largest absolute Gasteiger partial charge is 0.466 e. The number of amides is 2. The third-order valence-electron chi connectivity index (χ3n) is 6.13. The SMILES string of the molecule is CCOC(=O)Cc1c(C)nc2ncnn2c1N1CCN(C(=O)NC2CCCCC2)CC1. The van der Waals surface area contributed by atoms with E-state index in [9.17, 15) is 9.59 Å². The topological polar surface area (TPSA) is 105 Å². The molecule has 0 bridgehead atoms. The van der Waals surface area contributed by atoms with Crippen LogP contribution in [0.1, 0.15) is 50.3 Å². The third-order valence-corrected chi connectivity index (χ3v) is 6.13. The van der Waals surface area contributed by atoms with Crippen molar-refractivity contribution in [1.82, 2.24) is 29.8 Å². The van der Waals surface area contributed by atoms with E-state index in [2.05, 4.69) is 25.3 Å². The number of aromatic nitrogens is 4. The summed E-state index contributed by atoms with van der Waals surface area (Å²) in [6.07, 6.45) is 7.39. The summed E-state index contributed by atoms with van der Waals surface area (Å²) in [5.74, 6) is 1.01. The first-order valence-corrected chi connectivity index (χ1v) is 11.2. The van der Waals surface area contributed by atoms with Crippen LogP contribution in [0.3, 0.4) is 0 Å². The molecule has 4 rings (SSSR count). The van der Waals surface area contributed by atoms with E-state index in [0.29, 0.717) is 44.6 Å². The van der Waals surface area contributed by atoms with Gasteiger partial charge in [0, 0.05) is 43.5 Å². The summed E-state index contributed by atoms with van der Waals surface area (Å²) >= 11 is 0. The number of aryl methyl sites for hydroxylation is 1. The number of fused-ring (bicyclic) bond motifs is 1. The number of carbonyl (C=O) groups excluding carboxylic acids is 2. The molecule has 1 saturated heterocycles. The highest BCUT2D eigenvalue weighted by atomic mass is 16.5. The van der Waals surface area contributed by atoms with Gasteiger partial charge in [0.05, 0.1) is 13.0 Å². The fourth-order valence-corrected chi connectivity index (χ4v) is 4.49. The van der Waals surface area contributed by atoms with Crippen molar-refractivity contribution >= 4 is 23.6 Å². The molecule has 0 radical (unpaired) electrons. The third kappa shape index (κ3) is 4.72. The fourth-order valence-electron chi connectivity index (χ4n) is 4.49. The van der Waals surface area contributed by atoms with Crippen LogP contribution in [-0.4, -0.2) is 75.3 Å². The number of carbonyl (C=O) groups is 2. The molecule has 31 heavy (non-hydrogen) atoms. The van der Waals surface area contributed by atoms with Crippen LogP contribution in [0.25, 0.3) is 5.78 Å². The first-order valence-electron chi connectivity index (χ1n) is 11.2. The van der Waals surface area contributed by atoms with Crippen LogP contribution in [0.4, 0.5) is 10.6 Å². The van der Waals surface area contributed by atoms with Crippen molar-refractivity contribution < 1.29 is 14.3 Å². The molecule has 0 spiro atoms. The molecule has 2 aromatic rings. The van der Waals surface area contributed by atoms with Gasteiger partial charge in [0.25, 0.3) is 5.78 Å². The summed E-state index contributed by atoms with van der Waals surface area (Å²) in [7, 11) is 0. The van der Waals surface area contributed by atoms with Crippen molar-refractivity contribution in [2.75, 3.05) is 37.7 Å². The zero-order chi connectivity index (χ0) is 21.8. The second-order valence-electron chi connectivity index (χ2n) is 8.21. The number of esters is 1. The Hall–Kier alpha value is -2.91. The van der Waals surface area contributed by atoms with Gasteiger partial charge in [-0.2, -0.15) is 14.6 Å². The first kappa shape index (κ1) is 21.3. The number of hydrogen-bond donors (Lipinski definition) is 1. The summed E-state index contributed by atoms with van der Waals surface area (Å²) < 4.78 is 6.85. The molecule has 2 amide bonds. The van der Waals surface area contributed by atoms with E-state index in [0.717, 1.165) is 29.9 Å². The lowest BCUT2D eigenvalue weighted by molar-refractivity contribution is -0.142. The number of urea groups is 1. The van der Waals surface area contributed by atoms with Gasteiger partial charge in [-0.15, -0.1) is 0 Å². The number of ether oxygens (including phenoxy) is 1. The second kappa shape index (κ2) is 9.49. The molecule has 0 unspecified atom stereocenters. The Morgan fingerprint density at radius 2 is 1.90 bits per heavy atom. The van der Waals surface area contributed by atoms with E-state index in [1.165, 1.54) is 25.6 Å². The van der Waals surface area contributed by atoms with Crippen LogP contribution in [0.5, 0.6) is 0 Å². The van der Waals surface area contributed by atoms with E-state index in [-0.39, 0.29) is 18.4 Å². The maximum Gasteiger partial charge on any atom is 0.317 e. The summed E-state index contributed by atoms with van der Waals surface area (Å²) in [6, 6.07) is 0.322. The first-order chi connectivity index (χ1) is 15.1. The molecule has 168 valence electrons. The second-order valence-corrected chi connectivity index (χ2v) is 8.21. The summed E-state index contributed by atoms with van der Waals surface area (Å²) in [6.45, 7) is 6.51. The molecule has 0 atom stereocenters. The van der Waals surface area contributed by atoms with E-state index >= 15 is 0 Å². The Balaban J connectivity index is 1.49. The average molecular weight is 430 g/mol. The van der Waals surface area contributed by atoms with Crippen LogP contribution in [0, 0.1) is 6.92 Å². The highest BCUT2D eigenvalue weighted by Gasteiger charge is 2.28. The number of piperazine rings is 1. The van der Waals surface area contributed by atoms with Crippen LogP contribution in [-0.2, 0) is 16.0 Å². The molecule has 10 nitrogen and oxygen atoms in total. The molecule has 3 heterocycles. The average Bonchev–Trinajstić information content (AvgIpc) is 3.23. The van der Waals surface area contributed by atoms with E-state index in [1.807, 2.05) is 11.8 Å². The summed E-state index contributed by atoms with van der Waals surface area (Å²) in [5.41, 5.74) is 1.53. The quantitative estimate of drug-likeness (QED) is 0.721. The van der Waals surface area contributed by atoms with Gasteiger partial charge in [0.15, 0.2) is 0 Å². The van der Waals surface area contributed by atoms with Gasteiger partial charge < -0.3 is 19.9 Å². The van der Waals surface area contributed by atoms with Crippen molar-refractivity contribution in [1.29, 1.82) is 0 Å². The predicted molar refractivity (Wildman–Crippen MR) is 115 cm³/mol. The molecule has 1 saturated carbocycles. The minimum Gasteiger partial charge on any atom is -0.466 e. The van der Waals surface area contributed by atoms with Crippen LogP contribution in [0.2, 0.25) is 0 Å². The lowest BCUT2D eigenvalue weighted by Crippen LogP contribution is -2.54. The molecule has 2 fully saturated rings. The Morgan fingerprint density at radius 3 is 2.61 bits per heavy atom. The van der Waals surface area contributed by atoms with Gasteiger partial charge in [0.1, 0.15) is 12.1 Å². The monoisotopic (exact) mass is 429 g/mol. The highest BCUT2D eigenvalue weighted by Crippen LogP contribution is 2.26. The van der Waals surface area contributed by atoms with E-state index < -0.39 is 0 Å². The molecule has 0 aromatic carbocycles. The van der Waals surface area contributed by atoms with Crippen LogP contribution >= 0.6 is 0 Å². The number of hydrogen-bond acceptors (Lipinski definition) is 7. The normalized spacial score (nSPS) is 17.7. The van der Waals surface area contributed by atoms with Gasteiger partial charge in [-0.3, -0.25) is 4.79 Å². The smallest absolute Gasteiger partial charge is 0.317 e. The van der Waals surface area contributed by atoms with Gasteiger partial charge >= 0.3 is 12.0 Å². The number of nitrogens with one attached hydrogen (secondary N) is 1. The zero-order valence-corrected chi connectivity index (χ0v) is 18.3. The molecule has 1 aliphatic carbocycles. The Morgan fingerprint density at radius 1 is 1.16 bits per heavy atom. The molecule has 1 aliphatic heterocycles. The summed E-state index contributed by atoms with van der Waals surface area (Å²) in [5, 5.41) is 7.54. The molecule has 1 N–H and O–H groups in total. The molecule has 2 aromatic heterocycles. The fraction of sp³-hybridized carbons (Fsp3) is 0.667. The molecular weight excluding hydrogens is 398 g/mol. The number of rotatable bonds is 5. The highest BCUT2D eigenvalue weighted by molar-refractivity contribution is 5.76. The Kier molecular flexibility index (Phi) is 6.53. The summed E-state index contributed by atoms with van der Waals surface area (Å²) in [4.78, 5) is 37.7. The van der Waals surface area contributed by atoms with Gasteiger partial charge in [0.2, 0.25) is 0 Å². The predicted octanol–water partition coefficient (Wildman–Crippen LogP) is 1.70. The van der Waals surface area contributed by atoms with Gasteiger partial charge in [-0.05, 0) is 26.7 Å². The maximum atomic E-state index is 12.7.